The molecule has 8 nitrogen and oxygen atoms in total. The molecular weight excluding hydrogens is 545 g/mol. The van der Waals surface area contributed by atoms with Crippen LogP contribution in [0, 0.1) is 11.3 Å². The Bertz CT molecular complexity index is 1620. The summed E-state index contributed by atoms with van der Waals surface area (Å²) in [6, 6.07) is 8.39. The molecule has 4 aromatic rings. The number of thiophene rings is 1. The second kappa shape index (κ2) is 9.92. The minimum atomic E-state index is -4.78. The Kier molecular flexibility index (Phi) is 6.85. The number of benzene rings is 1. The lowest BCUT2D eigenvalue weighted by atomic mass is 9.72. The summed E-state index contributed by atoms with van der Waals surface area (Å²) in [5, 5.41) is 16.6. The van der Waals surface area contributed by atoms with E-state index in [-0.39, 0.29) is 33.0 Å². The Morgan fingerprint density at radius 1 is 1.15 bits per heavy atom. The predicted octanol–water partition coefficient (Wildman–Crippen LogP) is 6.59. The van der Waals surface area contributed by atoms with E-state index in [1.807, 2.05) is 0 Å². The van der Waals surface area contributed by atoms with Crippen molar-refractivity contribution in [3.05, 3.63) is 63.8 Å². The summed E-state index contributed by atoms with van der Waals surface area (Å²) in [6.45, 7) is 6.43. The molecule has 0 spiro atoms. The number of fused-ring (bicyclic) bond motifs is 2. The van der Waals surface area contributed by atoms with Crippen molar-refractivity contribution < 1.29 is 32.6 Å². The summed E-state index contributed by atoms with van der Waals surface area (Å²) < 4.78 is 47.7. The Labute approximate surface area is 231 Å². The number of methoxy groups -OCH3 is 1. The lowest BCUT2D eigenvalue weighted by Crippen LogP contribution is -2.26. The van der Waals surface area contributed by atoms with Crippen molar-refractivity contribution in [2.24, 2.45) is 11.3 Å². The fourth-order valence-corrected chi connectivity index (χ4v) is 6.32. The first-order valence-electron chi connectivity index (χ1n) is 12.6. The van der Waals surface area contributed by atoms with Crippen LogP contribution in [-0.2, 0) is 19.0 Å². The molecule has 0 bridgehead atoms. The van der Waals surface area contributed by atoms with E-state index in [9.17, 15) is 27.9 Å². The molecule has 210 valence electrons. The number of halogens is 3. The zero-order valence-corrected chi connectivity index (χ0v) is 23.0. The topological polar surface area (TPSA) is 106 Å². The number of ether oxygens (including phenoxy) is 1. The number of hydrogen-bond donors (Lipinski definition) is 2. The van der Waals surface area contributed by atoms with E-state index < -0.39 is 23.7 Å². The summed E-state index contributed by atoms with van der Waals surface area (Å²) in [6.07, 6.45) is -2.68. The maximum Gasteiger partial charge on any atom is 0.433 e. The standard InChI is InChI=1S/C28H27F3N4O4S/c1-27(2,3)15-7-10-17-20(11-15)40-25(23(17)26(37)38)33-24(36)19-13-22-32-18(14-5-8-16(39-4)9-6-14)12-21(28(29,30)31)35(22)34-19/h5-6,8-9,12-13,15H,7,10-11H2,1-4H3,(H,33,36)(H,37,38). The quantitative estimate of drug-likeness (QED) is 0.280. The van der Waals surface area contributed by atoms with Crippen LogP contribution in [0.5, 0.6) is 5.75 Å². The molecule has 0 fully saturated rings. The minimum Gasteiger partial charge on any atom is -0.497 e. The van der Waals surface area contributed by atoms with Crippen LogP contribution in [0.3, 0.4) is 0 Å². The third kappa shape index (κ3) is 5.15. The highest BCUT2D eigenvalue weighted by atomic mass is 32.1. The van der Waals surface area contributed by atoms with Gasteiger partial charge in [0, 0.05) is 16.5 Å². The van der Waals surface area contributed by atoms with Gasteiger partial charge in [-0.15, -0.1) is 11.3 Å². The number of alkyl halides is 3. The molecule has 3 aromatic heterocycles. The van der Waals surface area contributed by atoms with E-state index in [0.717, 1.165) is 23.4 Å². The van der Waals surface area contributed by atoms with E-state index in [0.29, 0.717) is 40.2 Å². The van der Waals surface area contributed by atoms with E-state index in [4.69, 9.17) is 4.74 Å². The van der Waals surface area contributed by atoms with Gasteiger partial charge in [-0.3, -0.25) is 4.79 Å². The maximum atomic E-state index is 14.0. The van der Waals surface area contributed by atoms with Crippen LogP contribution >= 0.6 is 11.3 Å². The van der Waals surface area contributed by atoms with Crippen LogP contribution in [0.1, 0.15) is 64.2 Å². The van der Waals surface area contributed by atoms with E-state index in [2.05, 4.69) is 36.2 Å². The van der Waals surface area contributed by atoms with Gasteiger partial charge in [0.2, 0.25) is 0 Å². The Hall–Kier alpha value is -3.93. The highest BCUT2D eigenvalue weighted by molar-refractivity contribution is 7.17. The number of nitrogens with one attached hydrogen (secondary N) is 1. The molecule has 40 heavy (non-hydrogen) atoms. The second-order valence-electron chi connectivity index (χ2n) is 10.8. The first-order chi connectivity index (χ1) is 18.8. The molecule has 0 radical (unpaired) electrons. The van der Waals surface area contributed by atoms with Gasteiger partial charge in [0.25, 0.3) is 5.91 Å². The number of carboxylic acid groups (broad SMARTS) is 1. The molecule has 3 heterocycles. The first-order valence-corrected chi connectivity index (χ1v) is 13.4. The predicted molar refractivity (Wildman–Crippen MR) is 144 cm³/mol. The van der Waals surface area contributed by atoms with E-state index in [1.54, 1.807) is 24.3 Å². The number of hydrogen-bond acceptors (Lipinski definition) is 6. The van der Waals surface area contributed by atoms with Gasteiger partial charge in [0.15, 0.2) is 17.0 Å². The molecule has 1 amide bonds. The molecular formula is C28H27F3N4O4S. The van der Waals surface area contributed by atoms with Crippen molar-refractivity contribution in [1.29, 1.82) is 0 Å². The van der Waals surface area contributed by atoms with E-state index in [1.165, 1.54) is 18.4 Å². The summed E-state index contributed by atoms with van der Waals surface area (Å²) in [5.41, 5.74) is -0.365. The van der Waals surface area contributed by atoms with Gasteiger partial charge in [0.1, 0.15) is 10.8 Å². The van der Waals surface area contributed by atoms with Gasteiger partial charge < -0.3 is 15.2 Å². The summed E-state index contributed by atoms with van der Waals surface area (Å²) in [5.74, 6) is -1.09. The molecule has 1 unspecified atom stereocenters. The molecule has 0 aliphatic heterocycles. The number of carboxylic acids is 1. The largest absolute Gasteiger partial charge is 0.497 e. The molecule has 1 atom stereocenters. The number of amides is 1. The fraction of sp³-hybridized carbons (Fsp3) is 0.357. The first kappa shape index (κ1) is 27.6. The number of nitrogens with zero attached hydrogens (tertiary/aromatic N) is 3. The van der Waals surface area contributed by atoms with Gasteiger partial charge in [-0.05, 0) is 66.5 Å². The maximum absolute atomic E-state index is 14.0. The monoisotopic (exact) mass is 572 g/mol. The zero-order valence-electron chi connectivity index (χ0n) is 22.2. The van der Waals surface area contributed by atoms with Crippen molar-refractivity contribution >= 4 is 33.9 Å². The summed E-state index contributed by atoms with van der Waals surface area (Å²) in [4.78, 5) is 30.5. The highest BCUT2D eigenvalue weighted by Crippen LogP contribution is 2.44. The van der Waals surface area contributed by atoms with Crippen molar-refractivity contribution in [1.82, 2.24) is 14.6 Å². The molecule has 0 saturated heterocycles. The highest BCUT2D eigenvalue weighted by Gasteiger charge is 2.37. The third-order valence-corrected chi connectivity index (χ3v) is 8.44. The fourth-order valence-electron chi connectivity index (χ4n) is 5.00. The number of rotatable bonds is 5. The SMILES string of the molecule is COc1ccc(-c2cc(C(F)(F)F)n3nc(C(=O)Nc4sc5c(c4C(=O)O)CCC(C(C)(C)C)C5)cc3n2)cc1. The van der Waals surface area contributed by atoms with Crippen LogP contribution in [0.25, 0.3) is 16.9 Å². The molecule has 1 aromatic carbocycles. The van der Waals surface area contributed by atoms with Crippen molar-refractivity contribution in [3.8, 4) is 17.0 Å². The van der Waals surface area contributed by atoms with Gasteiger partial charge >= 0.3 is 12.1 Å². The van der Waals surface area contributed by atoms with Crippen molar-refractivity contribution in [2.45, 2.75) is 46.2 Å². The average Bonchev–Trinajstić information content (AvgIpc) is 3.47. The van der Waals surface area contributed by atoms with Crippen LogP contribution < -0.4 is 10.1 Å². The van der Waals surface area contributed by atoms with E-state index >= 15 is 0 Å². The minimum absolute atomic E-state index is 0.0281. The lowest BCUT2D eigenvalue weighted by Gasteiger charge is -2.33. The number of aromatic carboxylic acids is 1. The van der Waals surface area contributed by atoms with Gasteiger partial charge in [-0.25, -0.2) is 14.3 Å². The van der Waals surface area contributed by atoms with Crippen LogP contribution in [0.15, 0.2) is 36.4 Å². The Balaban J connectivity index is 1.51. The summed E-state index contributed by atoms with van der Waals surface area (Å²) >= 11 is 1.20. The Morgan fingerprint density at radius 2 is 1.85 bits per heavy atom. The average molecular weight is 573 g/mol. The normalized spacial score (nSPS) is 15.6. The molecule has 1 aliphatic rings. The Morgan fingerprint density at radius 3 is 2.45 bits per heavy atom. The van der Waals surface area contributed by atoms with Gasteiger partial charge in [-0.1, -0.05) is 20.8 Å². The molecule has 0 saturated carbocycles. The number of carbonyl (C=O) groups excluding carboxylic acids is 1. The van der Waals surface area contributed by atoms with Crippen LogP contribution in [0.2, 0.25) is 0 Å². The molecule has 5 rings (SSSR count). The molecule has 12 heteroatoms. The lowest BCUT2D eigenvalue weighted by molar-refractivity contribution is -0.142. The van der Waals surface area contributed by atoms with Crippen LogP contribution in [0.4, 0.5) is 18.2 Å². The second-order valence-corrected chi connectivity index (χ2v) is 11.9. The number of aromatic nitrogens is 3. The van der Waals surface area contributed by atoms with Gasteiger partial charge in [0.05, 0.1) is 18.4 Å². The molecule has 1 aliphatic carbocycles. The van der Waals surface area contributed by atoms with Crippen LogP contribution in [-0.4, -0.2) is 38.7 Å². The summed E-state index contributed by atoms with van der Waals surface area (Å²) in [7, 11) is 1.48. The van der Waals surface area contributed by atoms with Gasteiger partial charge in [-0.2, -0.15) is 18.3 Å². The zero-order chi connectivity index (χ0) is 29.0. The van der Waals surface area contributed by atoms with Crippen molar-refractivity contribution in [2.75, 3.05) is 12.4 Å². The number of anilines is 1. The number of carbonyl (C=O) groups is 2. The van der Waals surface area contributed by atoms with Crippen molar-refractivity contribution in [3.63, 3.8) is 0 Å². The molecule has 2 N–H and O–H groups in total. The third-order valence-electron chi connectivity index (χ3n) is 7.27. The smallest absolute Gasteiger partial charge is 0.433 e.